The summed E-state index contributed by atoms with van der Waals surface area (Å²) in [5, 5.41) is 12.1. The van der Waals surface area contributed by atoms with Crippen LogP contribution in [0.3, 0.4) is 0 Å². The Morgan fingerprint density at radius 3 is 2.23 bits per heavy atom. The molecule has 0 saturated carbocycles. The zero-order valence-corrected chi connectivity index (χ0v) is 18.2. The molecule has 0 unspecified atom stereocenters. The summed E-state index contributed by atoms with van der Waals surface area (Å²) >= 11 is 1.30. The monoisotopic (exact) mass is 431 g/mol. The van der Waals surface area contributed by atoms with Crippen LogP contribution in [0.5, 0.6) is 0 Å². The summed E-state index contributed by atoms with van der Waals surface area (Å²) in [6.45, 7) is 5.81. The molecule has 0 saturated heterocycles. The van der Waals surface area contributed by atoms with Crippen LogP contribution in [0, 0.1) is 0 Å². The number of hydrogen-bond acceptors (Lipinski definition) is 6. The fourth-order valence-electron chi connectivity index (χ4n) is 3.04. The van der Waals surface area contributed by atoms with Crippen LogP contribution < -0.4 is 5.32 Å². The molecule has 4 rings (SSSR count). The maximum Gasteiger partial charge on any atom is 0.293 e. The van der Waals surface area contributed by atoms with Crippen LogP contribution in [0.15, 0.2) is 65.1 Å². The number of nitrogens with zero attached hydrogens (tertiary/aromatic N) is 2. The summed E-state index contributed by atoms with van der Waals surface area (Å²) in [5.74, 6) is 0.776. The minimum Gasteiger partial charge on any atom is -0.451 e. The molecule has 31 heavy (non-hydrogen) atoms. The highest BCUT2D eigenvalue weighted by atomic mass is 32.1. The summed E-state index contributed by atoms with van der Waals surface area (Å²) in [5.41, 5.74) is 3.62. The summed E-state index contributed by atoms with van der Waals surface area (Å²) in [6.07, 6.45) is 0. The highest BCUT2D eigenvalue weighted by Crippen LogP contribution is 2.29. The predicted octanol–water partition coefficient (Wildman–Crippen LogP) is 6.04. The number of ketones is 1. The van der Waals surface area contributed by atoms with Gasteiger partial charge in [-0.25, -0.2) is 0 Å². The third kappa shape index (κ3) is 4.62. The molecule has 4 aromatic rings. The van der Waals surface area contributed by atoms with E-state index in [1.165, 1.54) is 23.8 Å². The predicted molar refractivity (Wildman–Crippen MR) is 122 cm³/mol. The van der Waals surface area contributed by atoms with Gasteiger partial charge < -0.3 is 4.42 Å². The Morgan fingerprint density at radius 2 is 1.58 bits per heavy atom. The Hall–Kier alpha value is -3.58. The fraction of sp³-hybridized carbons (Fsp3) is 0.167. The molecule has 156 valence electrons. The Balaban J connectivity index is 1.45. The van der Waals surface area contributed by atoms with E-state index in [-0.39, 0.29) is 11.5 Å². The van der Waals surface area contributed by atoms with Crippen LogP contribution in [0.25, 0.3) is 21.9 Å². The van der Waals surface area contributed by atoms with Crippen LogP contribution in [-0.4, -0.2) is 21.9 Å². The molecule has 0 fully saturated rings. The second-order valence-electron chi connectivity index (χ2n) is 7.44. The van der Waals surface area contributed by atoms with Crippen molar-refractivity contribution in [3.05, 3.63) is 77.6 Å². The Labute approximate surface area is 184 Å². The van der Waals surface area contributed by atoms with Gasteiger partial charge in [0.2, 0.25) is 5.13 Å². The first-order valence-electron chi connectivity index (χ1n) is 9.87. The van der Waals surface area contributed by atoms with E-state index in [1.807, 2.05) is 12.1 Å². The Bertz CT molecular complexity index is 1220. The molecule has 0 atom stereocenters. The maximum absolute atomic E-state index is 12.6. The van der Waals surface area contributed by atoms with Crippen LogP contribution in [0.2, 0.25) is 0 Å². The molecule has 2 aromatic heterocycles. The van der Waals surface area contributed by atoms with Gasteiger partial charge in [-0.15, -0.1) is 10.2 Å². The van der Waals surface area contributed by atoms with Gasteiger partial charge in [-0.3, -0.25) is 14.9 Å². The lowest BCUT2D eigenvalue weighted by molar-refractivity contribution is 0.0994. The van der Waals surface area contributed by atoms with E-state index in [2.05, 4.69) is 41.5 Å². The molecular formula is C24H21N3O3S. The first kappa shape index (κ1) is 20.7. The van der Waals surface area contributed by atoms with Crippen molar-refractivity contribution in [2.24, 2.45) is 0 Å². The summed E-state index contributed by atoms with van der Waals surface area (Å²) in [4.78, 5) is 24.0. The number of carbonyl (C=O) groups excluding carboxylic acids is 2. The molecule has 0 aliphatic carbocycles. The zero-order chi connectivity index (χ0) is 22.0. The first-order valence-corrected chi connectivity index (χ1v) is 10.7. The Kier molecular flexibility index (Phi) is 5.77. The number of aromatic nitrogens is 2. The van der Waals surface area contributed by atoms with Crippen LogP contribution in [-0.2, 0) is 0 Å². The van der Waals surface area contributed by atoms with Gasteiger partial charge in [0, 0.05) is 16.7 Å². The molecule has 0 bridgehead atoms. The third-order valence-corrected chi connectivity index (χ3v) is 5.76. The molecule has 7 heteroatoms. The van der Waals surface area contributed by atoms with E-state index in [4.69, 9.17) is 4.42 Å². The first-order chi connectivity index (χ1) is 14.9. The van der Waals surface area contributed by atoms with Crippen LogP contribution in [0.4, 0.5) is 5.13 Å². The number of Topliss-reactive ketones (excluding diaryl/α,β-unsaturated/α-hetero) is 1. The average Bonchev–Trinajstić information content (AvgIpc) is 3.44. The minimum absolute atomic E-state index is 0.00152. The zero-order valence-electron chi connectivity index (χ0n) is 17.4. The van der Waals surface area contributed by atoms with Gasteiger partial charge in [0.05, 0.1) is 0 Å². The van der Waals surface area contributed by atoms with Gasteiger partial charge in [-0.2, -0.15) is 0 Å². The second-order valence-corrected chi connectivity index (χ2v) is 8.42. The van der Waals surface area contributed by atoms with Crippen LogP contribution in [0.1, 0.15) is 53.2 Å². The van der Waals surface area contributed by atoms with Crippen molar-refractivity contribution in [1.29, 1.82) is 0 Å². The number of anilines is 1. The molecule has 0 aliphatic heterocycles. The molecule has 2 aromatic carbocycles. The quantitative estimate of drug-likeness (QED) is 0.376. The van der Waals surface area contributed by atoms with Crippen molar-refractivity contribution >= 4 is 28.2 Å². The number of rotatable bonds is 6. The summed E-state index contributed by atoms with van der Waals surface area (Å²) < 4.78 is 5.69. The SMILES string of the molecule is CC(=O)c1ccc(-c2ccc(C(=O)Nc3nnc(-c4ccc(C(C)C)cc4)s3)o2)cc1. The number of benzene rings is 2. The number of nitrogens with one attached hydrogen (secondary N) is 1. The number of carbonyl (C=O) groups is 2. The topological polar surface area (TPSA) is 85.1 Å². The molecule has 6 nitrogen and oxygen atoms in total. The lowest BCUT2D eigenvalue weighted by Gasteiger charge is -2.04. The second kappa shape index (κ2) is 8.65. The minimum atomic E-state index is -0.399. The lowest BCUT2D eigenvalue weighted by Crippen LogP contribution is -2.10. The van der Waals surface area contributed by atoms with Gasteiger partial charge in [0.25, 0.3) is 5.91 Å². The third-order valence-electron chi connectivity index (χ3n) is 4.88. The van der Waals surface area contributed by atoms with Gasteiger partial charge >= 0.3 is 0 Å². The molecular weight excluding hydrogens is 410 g/mol. The fourth-order valence-corrected chi connectivity index (χ4v) is 3.79. The van der Waals surface area contributed by atoms with E-state index in [9.17, 15) is 9.59 Å². The van der Waals surface area contributed by atoms with Gasteiger partial charge in [-0.1, -0.05) is 73.7 Å². The summed E-state index contributed by atoms with van der Waals surface area (Å²) in [7, 11) is 0. The van der Waals surface area contributed by atoms with Crippen molar-refractivity contribution in [3.63, 3.8) is 0 Å². The van der Waals surface area contributed by atoms with E-state index in [1.54, 1.807) is 36.4 Å². The van der Waals surface area contributed by atoms with Gasteiger partial charge in [0.1, 0.15) is 10.8 Å². The number of hydrogen-bond donors (Lipinski definition) is 1. The average molecular weight is 432 g/mol. The molecule has 0 radical (unpaired) electrons. The van der Waals surface area contributed by atoms with E-state index in [0.717, 1.165) is 16.1 Å². The summed E-state index contributed by atoms with van der Waals surface area (Å²) in [6, 6.07) is 18.6. The van der Waals surface area contributed by atoms with Crippen molar-refractivity contribution in [3.8, 4) is 21.9 Å². The van der Waals surface area contributed by atoms with Gasteiger partial charge in [-0.05, 0) is 30.5 Å². The largest absolute Gasteiger partial charge is 0.451 e. The standard InChI is InChI=1S/C24H21N3O3S/c1-14(2)16-4-10-19(11-5-16)23-26-27-24(31-23)25-22(29)21-13-12-20(30-21)18-8-6-17(7-9-18)15(3)28/h4-14H,1-3H3,(H,25,27,29). The molecule has 0 aliphatic rings. The van der Waals surface area contributed by atoms with Crippen molar-refractivity contribution in [2.75, 3.05) is 5.32 Å². The molecule has 0 spiro atoms. The van der Waals surface area contributed by atoms with E-state index in [0.29, 0.717) is 22.4 Å². The van der Waals surface area contributed by atoms with Crippen molar-refractivity contribution in [2.45, 2.75) is 26.7 Å². The van der Waals surface area contributed by atoms with Crippen molar-refractivity contribution in [1.82, 2.24) is 10.2 Å². The molecule has 1 N–H and O–H groups in total. The number of furan rings is 1. The van der Waals surface area contributed by atoms with Gasteiger partial charge in [0.15, 0.2) is 11.5 Å². The smallest absolute Gasteiger partial charge is 0.293 e. The highest BCUT2D eigenvalue weighted by Gasteiger charge is 2.16. The van der Waals surface area contributed by atoms with E-state index >= 15 is 0 Å². The highest BCUT2D eigenvalue weighted by molar-refractivity contribution is 7.18. The Morgan fingerprint density at radius 1 is 0.903 bits per heavy atom. The molecule has 1 amide bonds. The number of amides is 1. The van der Waals surface area contributed by atoms with Crippen molar-refractivity contribution < 1.29 is 14.0 Å². The lowest BCUT2D eigenvalue weighted by atomic mass is 10.0. The normalized spacial score (nSPS) is 11.0. The van der Waals surface area contributed by atoms with Crippen LogP contribution >= 0.6 is 11.3 Å². The molecule has 2 heterocycles. The maximum atomic E-state index is 12.6. The van der Waals surface area contributed by atoms with E-state index < -0.39 is 5.91 Å².